The molecule has 264 valence electrons. The highest BCUT2D eigenvalue weighted by Crippen LogP contribution is 2.51. The van der Waals surface area contributed by atoms with Gasteiger partial charge in [-0.3, -0.25) is 4.90 Å². The summed E-state index contributed by atoms with van der Waals surface area (Å²) in [4.78, 5) is 14.1. The molecule has 0 saturated carbocycles. The molecule has 4 atom stereocenters. The van der Waals surface area contributed by atoms with Gasteiger partial charge in [0.25, 0.3) is 0 Å². The van der Waals surface area contributed by atoms with Crippen molar-refractivity contribution in [3.05, 3.63) is 34.4 Å². The fourth-order valence-corrected chi connectivity index (χ4v) is 10.8. The lowest BCUT2D eigenvalue weighted by Crippen LogP contribution is -2.44. The van der Waals surface area contributed by atoms with Gasteiger partial charge in [-0.25, -0.2) is 21.9 Å². The summed E-state index contributed by atoms with van der Waals surface area (Å²) in [7, 11) is -3.48. The van der Waals surface area contributed by atoms with Crippen LogP contribution in [0, 0.1) is 28.9 Å². The van der Waals surface area contributed by atoms with Crippen LogP contribution in [0.1, 0.15) is 51.0 Å². The normalized spacial score (nSPS) is 25.2. The SMILES string of the molecule is C[C@H]1CN2CCCC2(COc2nc3c4c(c(Cl)c(-c5ccc(F)c6sc(N)c(C#N)c56)c(F)c4n2)OCC2CC(NS(C)(=O)=O)CCCN32)C1. The van der Waals surface area contributed by atoms with Crippen LogP contribution >= 0.6 is 22.9 Å². The first-order chi connectivity index (χ1) is 23.9. The Kier molecular flexibility index (Phi) is 8.26. The number of nitrogens with two attached hydrogens (primary N) is 1. The maximum absolute atomic E-state index is 17.3. The van der Waals surface area contributed by atoms with Gasteiger partial charge in [0.1, 0.15) is 41.4 Å². The summed E-state index contributed by atoms with van der Waals surface area (Å²) >= 11 is 7.99. The number of anilines is 2. The molecule has 0 bridgehead atoms. The summed E-state index contributed by atoms with van der Waals surface area (Å²) in [6.07, 6.45) is 5.81. The molecule has 50 heavy (non-hydrogen) atoms. The number of fused-ring (bicyclic) bond motifs is 4. The van der Waals surface area contributed by atoms with Gasteiger partial charge in [0, 0.05) is 30.1 Å². The third-order valence-electron chi connectivity index (χ3n) is 10.6. The van der Waals surface area contributed by atoms with Crippen molar-refractivity contribution in [3.63, 3.8) is 0 Å². The molecule has 0 radical (unpaired) electrons. The molecule has 0 spiro atoms. The second kappa shape index (κ2) is 12.3. The minimum Gasteiger partial charge on any atom is -0.489 e. The number of sulfonamides is 1. The van der Waals surface area contributed by atoms with Crippen LogP contribution in [0.25, 0.3) is 32.1 Å². The van der Waals surface area contributed by atoms with Crippen molar-refractivity contribution in [2.45, 2.75) is 63.1 Å². The Morgan fingerprint density at radius 2 is 2.08 bits per heavy atom. The van der Waals surface area contributed by atoms with E-state index in [1.165, 1.54) is 12.1 Å². The Labute approximate surface area is 297 Å². The number of benzene rings is 2. The maximum Gasteiger partial charge on any atom is 0.319 e. The van der Waals surface area contributed by atoms with E-state index >= 15 is 8.78 Å². The quantitative estimate of drug-likeness (QED) is 0.248. The molecule has 3 fully saturated rings. The molecule has 3 saturated heterocycles. The molecular weight excluding hydrogens is 708 g/mol. The molecule has 4 aliphatic rings. The molecule has 6 heterocycles. The molecule has 3 unspecified atom stereocenters. The van der Waals surface area contributed by atoms with Crippen LogP contribution in [-0.4, -0.2) is 80.0 Å². The summed E-state index contributed by atoms with van der Waals surface area (Å²) in [5.41, 5.74) is 5.98. The topological polar surface area (TPSA) is 147 Å². The van der Waals surface area contributed by atoms with E-state index in [9.17, 15) is 13.7 Å². The number of hydrogen-bond donors (Lipinski definition) is 2. The molecular formula is C34H36ClF2N7O4S2. The number of hydrogen-bond acceptors (Lipinski definition) is 11. The molecule has 4 aromatic rings. The maximum atomic E-state index is 17.3. The summed E-state index contributed by atoms with van der Waals surface area (Å²) in [6, 6.07) is 3.92. The van der Waals surface area contributed by atoms with Crippen molar-refractivity contribution in [1.29, 1.82) is 5.26 Å². The van der Waals surface area contributed by atoms with Crippen LogP contribution in [0.2, 0.25) is 5.02 Å². The smallest absolute Gasteiger partial charge is 0.319 e. The van der Waals surface area contributed by atoms with Crippen LogP contribution in [-0.2, 0) is 10.0 Å². The number of nitrogens with zero attached hydrogens (tertiary/aromatic N) is 5. The zero-order valence-corrected chi connectivity index (χ0v) is 30.0. The molecule has 4 aliphatic heterocycles. The van der Waals surface area contributed by atoms with E-state index in [-0.39, 0.29) is 83.7 Å². The molecule has 2 aromatic carbocycles. The lowest BCUT2D eigenvalue weighted by molar-refractivity contribution is 0.107. The number of ether oxygens (including phenoxy) is 2. The second-order valence-electron chi connectivity index (χ2n) is 14.1. The highest BCUT2D eigenvalue weighted by Gasteiger charge is 2.48. The van der Waals surface area contributed by atoms with Gasteiger partial charge >= 0.3 is 6.01 Å². The molecule has 0 aliphatic carbocycles. The van der Waals surface area contributed by atoms with Crippen molar-refractivity contribution in [3.8, 4) is 29.0 Å². The van der Waals surface area contributed by atoms with Crippen LogP contribution in [0.5, 0.6) is 11.8 Å². The Morgan fingerprint density at radius 3 is 2.86 bits per heavy atom. The third-order valence-corrected chi connectivity index (χ3v) is 12.8. The predicted octanol–water partition coefficient (Wildman–Crippen LogP) is 5.82. The molecule has 16 heteroatoms. The van der Waals surface area contributed by atoms with Gasteiger partial charge in [-0.2, -0.15) is 15.2 Å². The van der Waals surface area contributed by atoms with Crippen molar-refractivity contribution < 1.29 is 26.7 Å². The van der Waals surface area contributed by atoms with Crippen LogP contribution in [0.15, 0.2) is 12.1 Å². The number of nitriles is 1. The van der Waals surface area contributed by atoms with Gasteiger partial charge in [-0.1, -0.05) is 24.6 Å². The van der Waals surface area contributed by atoms with E-state index in [4.69, 9.17) is 31.8 Å². The molecule has 0 amide bonds. The number of aromatic nitrogens is 2. The number of halogens is 3. The first-order valence-electron chi connectivity index (χ1n) is 16.8. The fraction of sp³-hybridized carbons (Fsp3) is 0.500. The van der Waals surface area contributed by atoms with Crippen LogP contribution < -0.4 is 24.8 Å². The summed E-state index contributed by atoms with van der Waals surface area (Å²) < 4.78 is 72.4. The van der Waals surface area contributed by atoms with Gasteiger partial charge < -0.3 is 20.1 Å². The third kappa shape index (κ3) is 5.51. The van der Waals surface area contributed by atoms with Crippen LogP contribution in [0.4, 0.5) is 19.6 Å². The van der Waals surface area contributed by atoms with E-state index in [0.29, 0.717) is 44.1 Å². The monoisotopic (exact) mass is 743 g/mol. The van der Waals surface area contributed by atoms with E-state index in [1.54, 1.807) is 0 Å². The standard InChI is InChI=1S/C34H36ClF2N7O4S2/c1-17-12-34(8-4-9-43(34)14-17)16-48-33-40-28-25-29(47-15-19-11-18(42-50(2,45)46)5-3-10-44(19)32(25)41-33)26(35)24(27(28)37)20-6-7-22(36)30-23(20)21(13-38)31(39)49-30/h6-7,17-19,42H,3-5,8-12,14-16,39H2,1-2H3/t17-,18?,19?,34?/m1/s1. The molecule has 3 N–H and O–H groups in total. The number of rotatable bonds is 6. The van der Waals surface area contributed by atoms with Crippen LogP contribution in [0.3, 0.4) is 0 Å². The van der Waals surface area contributed by atoms with Gasteiger partial charge in [0.2, 0.25) is 10.0 Å². The molecule has 2 aromatic heterocycles. The average molecular weight is 744 g/mol. The highest BCUT2D eigenvalue weighted by molar-refractivity contribution is 7.88. The zero-order valence-electron chi connectivity index (χ0n) is 27.6. The Morgan fingerprint density at radius 1 is 1.26 bits per heavy atom. The largest absolute Gasteiger partial charge is 0.489 e. The fourth-order valence-electron chi connectivity index (χ4n) is 8.70. The van der Waals surface area contributed by atoms with E-state index in [2.05, 4.69) is 21.5 Å². The summed E-state index contributed by atoms with van der Waals surface area (Å²) in [5, 5.41) is 10.4. The predicted molar refractivity (Wildman–Crippen MR) is 189 cm³/mol. The van der Waals surface area contributed by atoms with Crippen molar-refractivity contribution in [2.75, 3.05) is 49.7 Å². The second-order valence-corrected chi connectivity index (χ2v) is 17.3. The Hall–Kier alpha value is -3.55. The van der Waals surface area contributed by atoms with E-state index in [1.807, 2.05) is 11.0 Å². The van der Waals surface area contributed by atoms with Gasteiger partial charge in [0.05, 0.1) is 38.5 Å². The summed E-state index contributed by atoms with van der Waals surface area (Å²) in [6.45, 7) is 5.16. The Balaban J connectivity index is 1.32. The van der Waals surface area contributed by atoms with Gasteiger partial charge in [-0.15, -0.1) is 11.3 Å². The number of nitrogens with one attached hydrogen (secondary N) is 1. The minimum atomic E-state index is -3.48. The summed E-state index contributed by atoms with van der Waals surface area (Å²) in [5.74, 6) is -0.346. The van der Waals surface area contributed by atoms with E-state index < -0.39 is 21.7 Å². The average Bonchev–Trinajstić information content (AvgIpc) is 3.61. The molecule has 11 nitrogen and oxygen atoms in total. The zero-order chi connectivity index (χ0) is 35.1. The van der Waals surface area contributed by atoms with Crippen molar-refractivity contribution in [1.82, 2.24) is 19.6 Å². The van der Waals surface area contributed by atoms with Crippen molar-refractivity contribution >= 4 is 64.8 Å². The first-order valence-corrected chi connectivity index (χ1v) is 19.8. The van der Waals surface area contributed by atoms with Crippen molar-refractivity contribution in [2.24, 2.45) is 5.92 Å². The highest BCUT2D eigenvalue weighted by atomic mass is 35.5. The lowest BCUT2D eigenvalue weighted by Gasteiger charge is -2.32. The van der Waals surface area contributed by atoms with Gasteiger partial charge in [-0.05, 0) is 62.6 Å². The first kappa shape index (κ1) is 33.6. The van der Waals surface area contributed by atoms with Gasteiger partial charge in [0.15, 0.2) is 11.6 Å². The van der Waals surface area contributed by atoms with E-state index in [0.717, 1.165) is 49.9 Å². The Bertz CT molecular complexity index is 2210. The molecule has 8 rings (SSSR count). The lowest BCUT2D eigenvalue weighted by atomic mass is 9.92. The minimum absolute atomic E-state index is 0.00357. The number of thiophene rings is 1. The number of nitrogen functional groups attached to an aromatic ring is 1.